The van der Waals surface area contributed by atoms with Crippen molar-refractivity contribution in [2.45, 2.75) is 6.04 Å². The number of nitrogens with zero attached hydrogens (tertiary/aromatic N) is 3. The molecule has 1 fully saturated rings. The van der Waals surface area contributed by atoms with Gasteiger partial charge in [0.1, 0.15) is 17.4 Å². The van der Waals surface area contributed by atoms with Crippen molar-refractivity contribution < 1.29 is 23.5 Å². The van der Waals surface area contributed by atoms with Crippen LogP contribution in [0.5, 0.6) is 0 Å². The molecule has 2 heterocycles. The van der Waals surface area contributed by atoms with Gasteiger partial charge in [-0.25, -0.2) is 18.7 Å². The lowest BCUT2D eigenvalue weighted by Crippen LogP contribution is -2.31. The number of halogens is 2. The molecular formula is C21H13F2N3O3. The van der Waals surface area contributed by atoms with E-state index < -0.39 is 35.1 Å². The smallest absolute Gasteiger partial charge is 0.302 e. The number of Topliss-reactive ketones (excluding diaryl/α,β-unsaturated/α-hetero) is 1. The van der Waals surface area contributed by atoms with Gasteiger partial charge in [0.25, 0.3) is 5.78 Å². The average Bonchev–Trinajstić information content (AvgIpc) is 3.00. The van der Waals surface area contributed by atoms with E-state index in [1.807, 2.05) is 0 Å². The summed E-state index contributed by atoms with van der Waals surface area (Å²) in [6.07, 6.45) is 2.81. The fraction of sp³-hybridized carbons (Fsp3) is 0.0476. The first-order chi connectivity index (χ1) is 14.0. The van der Waals surface area contributed by atoms with E-state index in [0.717, 1.165) is 17.0 Å². The molecule has 1 aliphatic heterocycles. The van der Waals surface area contributed by atoms with Crippen LogP contribution >= 0.6 is 0 Å². The van der Waals surface area contributed by atoms with Crippen LogP contribution in [0.2, 0.25) is 0 Å². The molecular weight excluding hydrogens is 380 g/mol. The molecule has 29 heavy (non-hydrogen) atoms. The van der Waals surface area contributed by atoms with Gasteiger partial charge in [-0.15, -0.1) is 0 Å². The highest BCUT2D eigenvalue weighted by molar-refractivity contribution is 6.51. The molecule has 1 N–H and O–H groups in total. The zero-order valence-corrected chi connectivity index (χ0v) is 14.8. The average molecular weight is 393 g/mol. The van der Waals surface area contributed by atoms with E-state index in [2.05, 4.69) is 9.97 Å². The minimum absolute atomic E-state index is 0.0397. The second kappa shape index (κ2) is 7.23. The number of anilines is 1. The summed E-state index contributed by atoms with van der Waals surface area (Å²) in [5, 5.41) is 10.8. The van der Waals surface area contributed by atoms with E-state index in [1.54, 1.807) is 6.07 Å². The molecule has 1 aromatic heterocycles. The second-order valence-corrected chi connectivity index (χ2v) is 6.28. The Labute approximate surface area is 163 Å². The Balaban J connectivity index is 1.94. The molecule has 3 aromatic rings. The Morgan fingerprint density at radius 1 is 0.897 bits per heavy atom. The number of aliphatic hydroxyl groups excluding tert-OH is 1. The van der Waals surface area contributed by atoms with Crippen LogP contribution in [0.1, 0.15) is 17.2 Å². The van der Waals surface area contributed by atoms with E-state index in [4.69, 9.17) is 0 Å². The summed E-state index contributed by atoms with van der Waals surface area (Å²) in [6.45, 7) is 0. The maximum atomic E-state index is 13.4. The molecule has 0 saturated carbocycles. The number of aliphatic hydroxyl groups is 1. The number of hydrogen-bond acceptors (Lipinski definition) is 5. The molecule has 8 heteroatoms. The van der Waals surface area contributed by atoms with Gasteiger partial charge in [-0.2, -0.15) is 0 Å². The Hall–Kier alpha value is -3.94. The van der Waals surface area contributed by atoms with Gasteiger partial charge in [-0.3, -0.25) is 14.5 Å². The van der Waals surface area contributed by atoms with Crippen LogP contribution in [0.25, 0.3) is 5.76 Å². The molecule has 4 rings (SSSR count). The Morgan fingerprint density at radius 3 is 2.03 bits per heavy atom. The third-order valence-corrected chi connectivity index (χ3v) is 4.52. The van der Waals surface area contributed by atoms with E-state index in [0.29, 0.717) is 5.56 Å². The molecule has 1 aliphatic rings. The molecule has 1 saturated heterocycles. The molecule has 2 aromatic carbocycles. The van der Waals surface area contributed by atoms with Gasteiger partial charge < -0.3 is 5.11 Å². The Morgan fingerprint density at radius 2 is 1.45 bits per heavy atom. The molecule has 1 amide bonds. The van der Waals surface area contributed by atoms with Crippen molar-refractivity contribution in [1.29, 1.82) is 0 Å². The number of carbonyl (C=O) groups is 2. The van der Waals surface area contributed by atoms with Crippen molar-refractivity contribution in [3.63, 3.8) is 0 Å². The van der Waals surface area contributed by atoms with E-state index >= 15 is 0 Å². The van der Waals surface area contributed by atoms with Crippen LogP contribution in [0.4, 0.5) is 14.7 Å². The van der Waals surface area contributed by atoms with Gasteiger partial charge in [-0.05, 0) is 48.0 Å². The van der Waals surface area contributed by atoms with Crippen LogP contribution < -0.4 is 4.90 Å². The fourth-order valence-electron chi connectivity index (χ4n) is 3.18. The molecule has 1 unspecified atom stereocenters. The molecule has 0 aliphatic carbocycles. The lowest BCUT2D eigenvalue weighted by molar-refractivity contribution is -0.132. The number of rotatable bonds is 3. The number of carbonyl (C=O) groups excluding carboxylic acids is 2. The summed E-state index contributed by atoms with van der Waals surface area (Å²) in [5.74, 6) is -3.42. The zero-order valence-electron chi connectivity index (χ0n) is 14.8. The summed E-state index contributed by atoms with van der Waals surface area (Å²) >= 11 is 0. The fourth-order valence-corrected chi connectivity index (χ4v) is 3.18. The van der Waals surface area contributed by atoms with Crippen molar-refractivity contribution in [3.8, 4) is 0 Å². The van der Waals surface area contributed by atoms with Crippen LogP contribution in [0, 0.1) is 11.6 Å². The molecule has 0 spiro atoms. The van der Waals surface area contributed by atoms with Crippen molar-refractivity contribution in [1.82, 2.24) is 9.97 Å². The van der Waals surface area contributed by atoms with Gasteiger partial charge in [-0.1, -0.05) is 12.1 Å². The summed E-state index contributed by atoms with van der Waals surface area (Å²) in [6, 6.07) is 10.5. The van der Waals surface area contributed by atoms with Crippen LogP contribution in [-0.4, -0.2) is 26.8 Å². The van der Waals surface area contributed by atoms with E-state index in [1.165, 1.54) is 48.8 Å². The van der Waals surface area contributed by atoms with Gasteiger partial charge in [0.15, 0.2) is 0 Å². The van der Waals surface area contributed by atoms with Crippen molar-refractivity contribution in [3.05, 3.63) is 95.3 Å². The Kier molecular flexibility index (Phi) is 4.59. The first kappa shape index (κ1) is 18.4. The number of hydrogen-bond donors (Lipinski definition) is 1. The largest absolute Gasteiger partial charge is 0.507 e. The standard InChI is InChI=1S/C21H13F2N3O3/c22-14-6-2-12(3-7-14)17-16(18(27)13-4-8-15(23)9-5-13)19(28)20(29)26(17)21-24-10-1-11-25-21/h1-11,17,27H/b18-16+. The highest BCUT2D eigenvalue weighted by Gasteiger charge is 2.48. The predicted octanol–water partition coefficient (Wildman–Crippen LogP) is 3.38. The number of benzene rings is 2. The van der Waals surface area contributed by atoms with Crippen LogP contribution in [0.3, 0.4) is 0 Å². The number of aromatic nitrogens is 2. The first-order valence-electron chi connectivity index (χ1n) is 8.57. The van der Waals surface area contributed by atoms with Crippen LogP contribution in [0.15, 0.2) is 72.6 Å². The third kappa shape index (κ3) is 3.25. The molecule has 144 valence electrons. The molecule has 0 bridgehead atoms. The number of ketones is 1. The highest BCUT2D eigenvalue weighted by Crippen LogP contribution is 2.40. The quantitative estimate of drug-likeness (QED) is 0.419. The van der Waals surface area contributed by atoms with Crippen LogP contribution in [-0.2, 0) is 9.59 Å². The topological polar surface area (TPSA) is 83.4 Å². The molecule has 1 atom stereocenters. The summed E-state index contributed by atoms with van der Waals surface area (Å²) in [4.78, 5) is 34.7. The van der Waals surface area contributed by atoms with Gasteiger partial charge in [0.2, 0.25) is 5.95 Å². The number of amides is 1. The van der Waals surface area contributed by atoms with Crippen molar-refractivity contribution >= 4 is 23.4 Å². The summed E-state index contributed by atoms with van der Waals surface area (Å²) in [7, 11) is 0. The van der Waals surface area contributed by atoms with Gasteiger partial charge >= 0.3 is 5.91 Å². The minimum Gasteiger partial charge on any atom is -0.507 e. The van der Waals surface area contributed by atoms with Gasteiger partial charge in [0, 0.05) is 18.0 Å². The predicted molar refractivity (Wildman–Crippen MR) is 99.6 cm³/mol. The first-order valence-corrected chi connectivity index (χ1v) is 8.57. The maximum Gasteiger partial charge on any atom is 0.302 e. The SMILES string of the molecule is O=C1C(=O)N(c2ncccn2)C(c2ccc(F)cc2)/C1=C(\O)c1ccc(F)cc1. The minimum atomic E-state index is -1.08. The normalized spacial score (nSPS) is 18.3. The summed E-state index contributed by atoms with van der Waals surface area (Å²) < 4.78 is 26.7. The summed E-state index contributed by atoms with van der Waals surface area (Å²) in [5.41, 5.74) is 0.313. The van der Waals surface area contributed by atoms with Crippen molar-refractivity contribution in [2.24, 2.45) is 0 Å². The zero-order chi connectivity index (χ0) is 20.5. The monoisotopic (exact) mass is 393 g/mol. The lowest BCUT2D eigenvalue weighted by Gasteiger charge is -2.23. The molecule has 6 nitrogen and oxygen atoms in total. The van der Waals surface area contributed by atoms with E-state index in [-0.39, 0.29) is 17.1 Å². The molecule has 0 radical (unpaired) electrons. The van der Waals surface area contributed by atoms with Gasteiger partial charge in [0.05, 0.1) is 11.6 Å². The lowest BCUT2D eigenvalue weighted by atomic mass is 9.95. The third-order valence-electron chi connectivity index (χ3n) is 4.52. The Bertz CT molecular complexity index is 1110. The maximum absolute atomic E-state index is 13.4. The van der Waals surface area contributed by atoms with E-state index in [9.17, 15) is 23.5 Å². The second-order valence-electron chi connectivity index (χ2n) is 6.28. The highest BCUT2D eigenvalue weighted by atomic mass is 19.1. The van der Waals surface area contributed by atoms with Crippen molar-refractivity contribution in [2.75, 3.05) is 4.90 Å².